The van der Waals surface area contributed by atoms with Gasteiger partial charge in [0.15, 0.2) is 0 Å². The number of rotatable bonds is 6. The summed E-state index contributed by atoms with van der Waals surface area (Å²) < 4.78 is 5.56. The summed E-state index contributed by atoms with van der Waals surface area (Å²) >= 11 is 1.74. The van der Waals surface area contributed by atoms with Gasteiger partial charge in [0.1, 0.15) is 0 Å². The highest BCUT2D eigenvalue weighted by Crippen LogP contribution is 2.42. The second-order valence-electron chi connectivity index (χ2n) is 17.0. The van der Waals surface area contributed by atoms with Crippen molar-refractivity contribution in [2.75, 3.05) is 0 Å². The Labute approximate surface area is 388 Å². The largest absolute Gasteiger partial charge is 0.278 e. The van der Waals surface area contributed by atoms with Gasteiger partial charge >= 0.3 is 0 Å². The molecule has 0 spiro atoms. The van der Waals surface area contributed by atoms with Gasteiger partial charge in [0.05, 0.1) is 49.2 Å². The topological polar surface area (TPSA) is 61.4 Å². The van der Waals surface area contributed by atoms with Crippen LogP contribution >= 0.6 is 11.3 Å². The van der Waals surface area contributed by atoms with Crippen molar-refractivity contribution in [3.05, 3.63) is 218 Å². The van der Waals surface area contributed by atoms with Crippen molar-refractivity contribution in [2.45, 2.75) is 0 Å². The Hall–Kier alpha value is -8.78. The summed E-state index contributed by atoms with van der Waals surface area (Å²) in [6.07, 6.45) is 0. The van der Waals surface area contributed by atoms with E-state index in [1.54, 1.807) is 11.3 Å². The van der Waals surface area contributed by atoms with Crippen molar-refractivity contribution in [2.24, 2.45) is 0 Å². The zero-order valence-electron chi connectivity index (χ0n) is 35.9. The second kappa shape index (κ2) is 14.9. The summed E-state index contributed by atoms with van der Waals surface area (Å²) in [6, 6.07) is 77.3. The molecular formula is C60H36N6S. The van der Waals surface area contributed by atoms with Crippen LogP contribution in [0, 0.1) is 0 Å². The van der Waals surface area contributed by atoms with Crippen LogP contribution in [0.1, 0.15) is 0 Å². The molecule has 14 rings (SSSR count). The van der Waals surface area contributed by atoms with Crippen LogP contribution in [-0.4, -0.2) is 29.1 Å². The van der Waals surface area contributed by atoms with Gasteiger partial charge in [-0.3, -0.25) is 9.13 Å². The average Bonchev–Trinajstić information content (AvgIpc) is 4.09. The van der Waals surface area contributed by atoms with Gasteiger partial charge in [-0.1, -0.05) is 176 Å². The average molecular weight is 873 g/mol. The van der Waals surface area contributed by atoms with Gasteiger partial charge in [-0.25, -0.2) is 19.9 Å². The number of para-hydroxylation sites is 2. The number of nitrogens with zero attached hydrogens (tertiary/aromatic N) is 6. The predicted octanol–water partition coefficient (Wildman–Crippen LogP) is 15.6. The monoisotopic (exact) mass is 872 g/mol. The molecule has 0 radical (unpaired) electrons. The van der Waals surface area contributed by atoms with Crippen LogP contribution in [0.2, 0.25) is 0 Å². The molecule has 0 aliphatic rings. The van der Waals surface area contributed by atoms with Gasteiger partial charge in [0.25, 0.3) is 0 Å². The molecule has 0 atom stereocenters. The first-order chi connectivity index (χ1) is 33.2. The van der Waals surface area contributed by atoms with Gasteiger partial charge in [-0.15, -0.1) is 11.3 Å². The van der Waals surface area contributed by atoms with Crippen LogP contribution in [0.4, 0.5) is 0 Å². The Morgan fingerprint density at radius 2 is 0.866 bits per heavy atom. The molecule has 7 heteroatoms. The van der Waals surface area contributed by atoms with Gasteiger partial charge in [-0.05, 0) is 69.9 Å². The molecule has 67 heavy (non-hydrogen) atoms. The van der Waals surface area contributed by atoms with E-state index in [1.807, 2.05) is 12.1 Å². The highest BCUT2D eigenvalue weighted by molar-refractivity contribution is 7.22. The smallest absolute Gasteiger partial charge is 0.235 e. The fraction of sp³-hybridized carbons (Fsp3) is 0. The molecule has 14 aromatic rings. The molecule has 0 fully saturated rings. The molecule has 9 aromatic carbocycles. The predicted molar refractivity (Wildman–Crippen MR) is 278 cm³/mol. The standard InChI is InChI=1S/C60H36N6S/c1-4-17-38(18-5-1)54-36-49-58(67-54)57(40-21-8-3-9-22-40)64-60(62-49)66-50-27-15-13-24-44(50)45-31-28-42(35-53(45)66)41-30-32-51-47(34-41)55-43-23-11-10-16-37(43)29-33-52(55)65(51)59-61-48-26-14-12-25-46(48)56(63-59)39-19-6-2-7-20-39/h1-36H. The summed E-state index contributed by atoms with van der Waals surface area (Å²) in [7, 11) is 0. The van der Waals surface area contributed by atoms with Crippen molar-refractivity contribution in [1.82, 2.24) is 29.1 Å². The molecule has 0 aliphatic carbocycles. The minimum Gasteiger partial charge on any atom is -0.278 e. The molecule has 0 unspecified atom stereocenters. The van der Waals surface area contributed by atoms with E-state index >= 15 is 0 Å². The third-order valence-electron chi connectivity index (χ3n) is 13.2. The summed E-state index contributed by atoms with van der Waals surface area (Å²) in [5.41, 5.74) is 13.3. The first kappa shape index (κ1) is 37.6. The Morgan fingerprint density at radius 1 is 0.313 bits per heavy atom. The van der Waals surface area contributed by atoms with Crippen molar-refractivity contribution >= 4 is 86.8 Å². The zero-order valence-corrected chi connectivity index (χ0v) is 36.7. The number of hydrogen-bond donors (Lipinski definition) is 0. The van der Waals surface area contributed by atoms with Gasteiger partial charge in [0.2, 0.25) is 11.9 Å². The quantitative estimate of drug-likeness (QED) is 0.167. The van der Waals surface area contributed by atoms with E-state index in [1.165, 1.54) is 21.7 Å². The van der Waals surface area contributed by atoms with Crippen LogP contribution in [0.25, 0.3) is 131 Å². The summed E-state index contributed by atoms with van der Waals surface area (Å²) in [6.45, 7) is 0. The third kappa shape index (κ3) is 5.95. The Bertz CT molecular complexity index is 4270. The van der Waals surface area contributed by atoms with E-state index < -0.39 is 0 Å². The first-order valence-corrected chi connectivity index (χ1v) is 23.3. The normalized spacial score (nSPS) is 11.9. The zero-order chi connectivity index (χ0) is 44.0. The molecule has 5 aromatic heterocycles. The van der Waals surface area contributed by atoms with E-state index in [9.17, 15) is 0 Å². The molecule has 0 saturated heterocycles. The second-order valence-corrected chi connectivity index (χ2v) is 18.1. The molecule has 0 N–H and O–H groups in total. The van der Waals surface area contributed by atoms with Crippen molar-refractivity contribution in [1.29, 1.82) is 0 Å². The molecular weight excluding hydrogens is 837 g/mol. The van der Waals surface area contributed by atoms with E-state index in [4.69, 9.17) is 19.9 Å². The van der Waals surface area contributed by atoms with Crippen molar-refractivity contribution < 1.29 is 0 Å². The molecule has 0 saturated carbocycles. The van der Waals surface area contributed by atoms with Crippen LogP contribution in [0.15, 0.2) is 218 Å². The van der Waals surface area contributed by atoms with Crippen LogP contribution in [0.3, 0.4) is 0 Å². The Morgan fingerprint density at radius 3 is 1.66 bits per heavy atom. The highest BCUT2D eigenvalue weighted by Gasteiger charge is 2.22. The number of benzene rings is 9. The molecule has 6 nitrogen and oxygen atoms in total. The molecule has 0 bridgehead atoms. The maximum Gasteiger partial charge on any atom is 0.235 e. The lowest BCUT2D eigenvalue weighted by atomic mass is 9.99. The highest BCUT2D eigenvalue weighted by atomic mass is 32.1. The fourth-order valence-corrected chi connectivity index (χ4v) is 11.2. The Kier molecular flexibility index (Phi) is 8.35. The van der Waals surface area contributed by atoms with Gasteiger partial charge in [-0.2, -0.15) is 0 Å². The molecule has 5 heterocycles. The minimum absolute atomic E-state index is 0.639. The van der Waals surface area contributed by atoms with Gasteiger partial charge in [0, 0.05) is 42.9 Å². The first-order valence-electron chi connectivity index (χ1n) is 22.5. The number of thiophene rings is 1. The van der Waals surface area contributed by atoms with E-state index in [-0.39, 0.29) is 0 Å². The third-order valence-corrected chi connectivity index (χ3v) is 14.3. The van der Waals surface area contributed by atoms with E-state index in [2.05, 4.69) is 215 Å². The summed E-state index contributed by atoms with van der Waals surface area (Å²) in [4.78, 5) is 22.6. The number of aromatic nitrogens is 6. The van der Waals surface area contributed by atoms with E-state index in [0.29, 0.717) is 11.9 Å². The summed E-state index contributed by atoms with van der Waals surface area (Å²) in [5, 5.41) is 7.99. The fourth-order valence-electron chi connectivity index (χ4n) is 10.1. The van der Waals surface area contributed by atoms with E-state index in [0.717, 1.165) is 97.9 Å². The van der Waals surface area contributed by atoms with Gasteiger partial charge < -0.3 is 0 Å². The lowest BCUT2D eigenvalue weighted by Gasteiger charge is -2.12. The SMILES string of the molecule is c1ccc(-c2cc3nc(-n4c5ccccc5c5ccc(-c6ccc7c(c6)c6c8ccccc8ccc6n7-c6nc(-c7ccccc7)c7ccccc7n6)cc54)nc(-c4ccccc4)c3s2)cc1. The van der Waals surface area contributed by atoms with Crippen LogP contribution < -0.4 is 0 Å². The number of hydrogen-bond acceptors (Lipinski definition) is 5. The molecule has 312 valence electrons. The maximum atomic E-state index is 5.45. The minimum atomic E-state index is 0.639. The van der Waals surface area contributed by atoms with Crippen molar-refractivity contribution in [3.63, 3.8) is 0 Å². The Balaban J connectivity index is 0.995. The van der Waals surface area contributed by atoms with Crippen LogP contribution in [0.5, 0.6) is 0 Å². The maximum absolute atomic E-state index is 5.45. The number of fused-ring (bicyclic) bond motifs is 10. The van der Waals surface area contributed by atoms with Crippen molar-refractivity contribution in [3.8, 4) is 56.0 Å². The lowest BCUT2D eigenvalue weighted by Crippen LogP contribution is -2.03. The molecule has 0 aliphatic heterocycles. The molecule has 0 amide bonds. The summed E-state index contributed by atoms with van der Waals surface area (Å²) in [5.74, 6) is 1.28. The lowest BCUT2D eigenvalue weighted by molar-refractivity contribution is 1.01. The van der Waals surface area contributed by atoms with Crippen LogP contribution in [-0.2, 0) is 0 Å².